The number of rotatable bonds is 4. The highest BCUT2D eigenvalue weighted by molar-refractivity contribution is 7.09. The Labute approximate surface area is 130 Å². The minimum Gasteiger partial charge on any atom is -0.344 e. The Kier molecular flexibility index (Phi) is 3.27. The fourth-order valence-corrected chi connectivity index (χ4v) is 3.14. The van der Waals surface area contributed by atoms with Crippen LogP contribution in [0.1, 0.15) is 40.1 Å². The Morgan fingerprint density at radius 1 is 1.18 bits per heavy atom. The van der Waals surface area contributed by atoms with Gasteiger partial charge in [0, 0.05) is 11.3 Å². The number of benzene rings is 1. The van der Waals surface area contributed by atoms with Crippen molar-refractivity contribution in [2.45, 2.75) is 25.3 Å². The molecule has 2 aromatic heterocycles. The van der Waals surface area contributed by atoms with Crippen LogP contribution in [0.25, 0.3) is 11.0 Å². The van der Waals surface area contributed by atoms with Crippen molar-refractivity contribution in [3.05, 3.63) is 46.2 Å². The molecule has 0 unspecified atom stereocenters. The van der Waals surface area contributed by atoms with Crippen molar-refractivity contribution < 1.29 is 4.79 Å². The number of carbonyl (C=O) groups is 1. The highest BCUT2D eigenvalue weighted by Crippen LogP contribution is 2.41. The first-order valence-corrected chi connectivity index (χ1v) is 7.99. The van der Waals surface area contributed by atoms with Crippen LogP contribution in [-0.4, -0.2) is 26.1 Å². The molecule has 1 aliphatic rings. The second kappa shape index (κ2) is 5.42. The third-order valence-electron chi connectivity index (χ3n) is 3.49. The summed E-state index contributed by atoms with van der Waals surface area (Å²) in [6.07, 6.45) is 2.46. The Morgan fingerprint density at radius 2 is 2.00 bits per heavy atom. The number of hydrogen-bond donors (Lipinski definition) is 1. The molecule has 0 radical (unpaired) electrons. The monoisotopic (exact) mass is 311 g/mol. The lowest BCUT2D eigenvalue weighted by molar-refractivity contribution is 0.0939. The number of aromatic nitrogens is 4. The Balaban J connectivity index is 1.45. The number of para-hydroxylation sites is 1. The van der Waals surface area contributed by atoms with Gasteiger partial charge in [-0.2, -0.15) is 0 Å². The summed E-state index contributed by atoms with van der Waals surface area (Å²) >= 11 is 1.66. The van der Waals surface area contributed by atoms with Crippen LogP contribution >= 0.6 is 11.3 Å². The fourth-order valence-electron chi connectivity index (χ4n) is 2.15. The first kappa shape index (κ1) is 13.3. The van der Waals surface area contributed by atoms with Crippen molar-refractivity contribution in [2.75, 3.05) is 0 Å². The van der Waals surface area contributed by atoms with Crippen molar-refractivity contribution in [3.8, 4) is 0 Å². The van der Waals surface area contributed by atoms with Gasteiger partial charge in [0.25, 0.3) is 5.91 Å². The number of fused-ring (bicyclic) bond motifs is 1. The van der Waals surface area contributed by atoms with Gasteiger partial charge in [0.2, 0.25) is 5.82 Å². The summed E-state index contributed by atoms with van der Waals surface area (Å²) in [5.41, 5.74) is 2.22. The van der Waals surface area contributed by atoms with E-state index in [1.807, 2.05) is 29.6 Å². The maximum absolute atomic E-state index is 12.1. The molecule has 6 nitrogen and oxygen atoms in total. The van der Waals surface area contributed by atoms with Gasteiger partial charge in [-0.05, 0) is 25.0 Å². The lowest BCUT2D eigenvalue weighted by Gasteiger charge is -2.02. The standard InChI is InChI=1S/C15H13N5OS/c21-14(13-18-11-3-1-2-4-12(11)19-20-13)16-7-10-8-22-15(17-10)9-5-6-9/h1-4,8-9H,5-7H2,(H,16,21). The van der Waals surface area contributed by atoms with Crippen LogP contribution in [0.4, 0.5) is 0 Å². The quantitative estimate of drug-likeness (QED) is 0.799. The van der Waals surface area contributed by atoms with Crippen molar-refractivity contribution in [3.63, 3.8) is 0 Å². The van der Waals surface area contributed by atoms with Crippen molar-refractivity contribution in [2.24, 2.45) is 0 Å². The number of amides is 1. The molecule has 110 valence electrons. The normalized spacial score (nSPS) is 14.2. The summed E-state index contributed by atoms with van der Waals surface area (Å²) in [6, 6.07) is 7.33. The second-order valence-corrected chi connectivity index (χ2v) is 6.15. The molecule has 22 heavy (non-hydrogen) atoms. The molecule has 0 bridgehead atoms. The highest BCUT2D eigenvalue weighted by Gasteiger charge is 2.26. The average Bonchev–Trinajstić information content (AvgIpc) is 3.31. The zero-order chi connectivity index (χ0) is 14.9. The maximum atomic E-state index is 12.1. The van der Waals surface area contributed by atoms with E-state index in [4.69, 9.17) is 0 Å². The number of nitrogens with one attached hydrogen (secondary N) is 1. The smallest absolute Gasteiger partial charge is 0.291 e. The number of nitrogens with zero attached hydrogens (tertiary/aromatic N) is 4. The van der Waals surface area contributed by atoms with Gasteiger partial charge in [0.15, 0.2) is 0 Å². The molecule has 1 fully saturated rings. The maximum Gasteiger partial charge on any atom is 0.291 e. The van der Waals surface area contributed by atoms with Crippen LogP contribution in [0.15, 0.2) is 29.6 Å². The number of carbonyl (C=O) groups excluding carboxylic acids is 1. The first-order chi connectivity index (χ1) is 10.8. The van der Waals surface area contributed by atoms with E-state index < -0.39 is 0 Å². The van der Waals surface area contributed by atoms with Gasteiger partial charge in [-0.15, -0.1) is 21.5 Å². The topological polar surface area (TPSA) is 80.7 Å². The van der Waals surface area contributed by atoms with Crippen molar-refractivity contribution in [1.82, 2.24) is 25.5 Å². The summed E-state index contributed by atoms with van der Waals surface area (Å²) in [5.74, 6) is 0.387. The SMILES string of the molecule is O=C(NCc1csc(C2CC2)n1)c1nnc2ccccc2n1. The first-order valence-electron chi connectivity index (χ1n) is 7.11. The van der Waals surface area contributed by atoms with E-state index in [1.54, 1.807) is 11.3 Å². The van der Waals surface area contributed by atoms with Gasteiger partial charge in [0.05, 0.1) is 22.8 Å². The van der Waals surface area contributed by atoms with Crippen LogP contribution in [0.3, 0.4) is 0 Å². The molecule has 2 heterocycles. The molecular formula is C15H13N5OS. The van der Waals surface area contributed by atoms with Crippen LogP contribution < -0.4 is 5.32 Å². The van der Waals surface area contributed by atoms with Gasteiger partial charge in [-0.1, -0.05) is 12.1 Å². The molecule has 0 atom stereocenters. The lowest BCUT2D eigenvalue weighted by Crippen LogP contribution is -2.25. The molecule has 1 amide bonds. The van der Waals surface area contributed by atoms with Gasteiger partial charge in [-0.25, -0.2) is 9.97 Å². The minimum absolute atomic E-state index is 0.0799. The lowest BCUT2D eigenvalue weighted by atomic mass is 10.3. The molecule has 1 aromatic carbocycles. The molecule has 7 heteroatoms. The number of thiazole rings is 1. The summed E-state index contributed by atoms with van der Waals surface area (Å²) < 4.78 is 0. The summed E-state index contributed by atoms with van der Waals surface area (Å²) in [7, 11) is 0. The minimum atomic E-state index is -0.334. The largest absolute Gasteiger partial charge is 0.344 e. The molecule has 1 N–H and O–H groups in total. The predicted molar refractivity (Wildman–Crippen MR) is 82.6 cm³/mol. The van der Waals surface area contributed by atoms with Gasteiger partial charge < -0.3 is 5.32 Å². The molecule has 1 saturated carbocycles. The van der Waals surface area contributed by atoms with E-state index in [0.717, 1.165) is 5.69 Å². The Morgan fingerprint density at radius 3 is 2.82 bits per heavy atom. The van der Waals surface area contributed by atoms with Gasteiger partial charge in [0.1, 0.15) is 5.52 Å². The highest BCUT2D eigenvalue weighted by atomic mass is 32.1. The van der Waals surface area contributed by atoms with Crippen LogP contribution in [0, 0.1) is 0 Å². The zero-order valence-corrected chi connectivity index (χ0v) is 12.5. The average molecular weight is 311 g/mol. The van der Waals surface area contributed by atoms with Crippen LogP contribution in [0.2, 0.25) is 0 Å². The van der Waals surface area contributed by atoms with Gasteiger partial charge in [-0.3, -0.25) is 4.79 Å². The number of hydrogen-bond acceptors (Lipinski definition) is 6. The van der Waals surface area contributed by atoms with Crippen molar-refractivity contribution >= 4 is 28.3 Å². The van der Waals surface area contributed by atoms with E-state index in [9.17, 15) is 4.79 Å². The van der Waals surface area contributed by atoms with E-state index in [0.29, 0.717) is 23.5 Å². The van der Waals surface area contributed by atoms with Gasteiger partial charge >= 0.3 is 0 Å². The Hall–Kier alpha value is -2.41. The van der Waals surface area contributed by atoms with Crippen LogP contribution in [0.5, 0.6) is 0 Å². The second-order valence-electron chi connectivity index (χ2n) is 5.26. The predicted octanol–water partition coefficient (Wildman–Crippen LogP) is 2.29. The molecule has 0 saturated heterocycles. The van der Waals surface area contributed by atoms with Crippen LogP contribution in [-0.2, 0) is 6.54 Å². The van der Waals surface area contributed by atoms with E-state index >= 15 is 0 Å². The van der Waals surface area contributed by atoms with E-state index in [-0.39, 0.29) is 11.7 Å². The summed E-state index contributed by atoms with van der Waals surface area (Å²) in [5, 5.41) is 13.8. The molecule has 0 aliphatic heterocycles. The molecule has 1 aliphatic carbocycles. The Bertz CT molecular complexity index is 843. The molecule has 3 aromatic rings. The van der Waals surface area contributed by atoms with E-state index in [1.165, 1.54) is 17.8 Å². The van der Waals surface area contributed by atoms with E-state index in [2.05, 4.69) is 25.5 Å². The zero-order valence-electron chi connectivity index (χ0n) is 11.7. The fraction of sp³-hybridized carbons (Fsp3) is 0.267. The van der Waals surface area contributed by atoms with Crippen molar-refractivity contribution in [1.29, 1.82) is 0 Å². The molecule has 4 rings (SSSR count). The summed E-state index contributed by atoms with van der Waals surface area (Å²) in [4.78, 5) is 20.9. The molecule has 0 spiro atoms. The summed E-state index contributed by atoms with van der Waals surface area (Å²) in [6.45, 7) is 0.387. The third-order valence-corrected chi connectivity index (χ3v) is 4.55. The molecular weight excluding hydrogens is 298 g/mol. The third kappa shape index (κ3) is 2.67.